The number of rotatable bonds is 4. The molecule has 1 atom stereocenters. The first-order valence-corrected chi connectivity index (χ1v) is 7.02. The number of halogens is 2. The Kier molecular flexibility index (Phi) is 4.69. The maximum Gasteiger partial charge on any atom is 0.151 e. The molecule has 2 aromatic carbocycles. The maximum atomic E-state index is 10.8. The van der Waals surface area contributed by atoms with Gasteiger partial charge in [0, 0.05) is 23.3 Å². The quantitative estimate of drug-likeness (QED) is 0.741. The SMILES string of the molecule is CC(c1ccccc1Cl)N(C)c1ccc(C=O)c(Cl)c1. The average molecular weight is 308 g/mol. The minimum atomic E-state index is 0.0989. The summed E-state index contributed by atoms with van der Waals surface area (Å²) in [6.07, 6.45) is 0.754. The summed E-state index contributed by atoms with van der Waals surface area (Å²) in [6.45, 7) is 2.07. The van der Waals surface area contributed by atoms with Crippen molar-refractivity contribution in [1.82, 2.24) is 0 Å². The fourth-order valence-electron chi connectivity index (χ4n) is 2.08. The number of hydrogen-bond acceptors (Lipinski definition) is 2. The van der Waals surface area contributed by atoms with Gasteiger partial charge in [0.1, 0.15) is 0 Å². The lowest BCUT2D eigenvalue weighted by Crippen LogP contribution is -2.21. The van der Waals surface area contributed by atoms with Gasteiger partial charge in [-0.2, -0.15) is 0 Å². The molecule has 104 valence electrons. The number of carbonyl (C=O) groups is 1. The van der Waals surface area contributed by atoms with Gasteiger partial charge in [-0.3, -0.25) is 4.79 Å². The van der Waals surface area contributed by atoms with E-state index in [9.17, 15) is 4.79 Å². The van der Waals surface area contributed by atoms with Crippen LogP contribution in [0.5, 0.6) is 0 Å². The zero-order valence-electron chi connectivity index (χ0n) is 11.3. The molecule has 2 nitrogen and oxygen atoms in total. The molecule has 0 bridgehead atoms. The largest absolute Gasteiger partial charge is 0.368 e. The molecule has 0 heterocycles. The van der Waals surface area contributed by atoms with Crippen LogP contribution in [-0.4, -0.2) is 13.3 Å². The molecule has 1 unspecified atom stereocenters. The third-order valence-corrected chi connectivity index (χ3v) is 4.13. The van der Waals surface area contributed by atoms with Gasteiger partial charge >= 0.3 is 0 Å². The topological polar surface area (TPSA) is 20.3 Å². The highest BCUT2D eigenvalue weighted by Crippen LogP contribution is 2.31. The van der Waals surface area contributed by atoms with Gasteiger partial charge in [-0.1, -0.05) is 41.4 Å². The summed E-state index contributed by atoms with van der Waals surface area (Å²) in [4.78, 5) is 12.9. The van der Waals surface area contributed by atoms with Crippen LogP contribution >= 0.6 is 23.2 Å². The van der Waals surface area contributed by atoms with Crippen molar-refractivity contribution in [2.24, 2.45) is 0 Å². The van der Waals surface area contributed by atoms with Gasteiger partial charge in [-0.25, -0.2) is 0 Å². The Hall–Kier alpha value is -1.51. The van der Waals surface area contributed by atoms with E-state index in [4.69, 9.17) is 23.2 Å². The molecular weight excluding hydrogens is 293 g/mol. The van der Waals surface area contributed by atoms with E-state index >= 15 is 0 Å². The Bertz CT molecular complexity index is 628. The van der Waals surface area contributed by atoms with Gasteiger partial charge in [0.05, 0.1) is 11.1 Å². The Morgan fingerprint density at radius 2 is 1.80 bits per heavy atom. The third kappa shape index (κ3) is 2.97. The highest BCUT2D eigenvalue weighted by Gasteiger charge is 2.15. The van der Waals surface area contributed by atoms with Crippen molar-refractivity contribution in [2.45, 2.75) is 13.0 Å². The molecule has 0 fully saturated rings. The Labute approximate surface area is 128 Å². The molecule has 4 heteroatoms. The number of carbonyl (C=O) groups excluding carboxylic acids is 1. The first kappa shape index (κ1) is 14.9. The van der Waals surface area contributed by atoms with Crippen molar-refractivity contribution < 1.29 is 4.79 Å². The van der Waals surface area contributed by atoms with Crippen molar-refractivity contribution in [3.8, 4) is 0 Å². The minimum absolute atomic E-state index is 0.0989. The number of anilines is 1. The molecule has 0 saturated carbocycles. The van der Waals surface area contributed by atoms with Gasteiger partial charge in [0.15, 0.2) is 6.29 Å². The first-order chi connectivity index (χ1) is 9.54. The average Bonchev–Trinajstić information content (AvgIpc) is 2.46. The monoisotopic (exact) mass is 307 g/mol. The van der Waals surface area contributed by atoms with Crippen LogP contribution in [0.25, 0.3) is 0 Å². The molecule has 0 aliphatic rings. The molecule has 20 heavy (non-hydrogen) atoms. The highest BCUT2D eigenvalue weighted by atomic mass is 35.5. The van der Waals surface area contributed by atoms with Crippen molar-refractivity contribution in [3.63, 3.8) is 0 Å². The van der Waals surface area contributed by atoms with E-state index in [1.165, 1.54) is 0 Å². The van der Waals surface area contributed by atoms with E-state index in [0.717, 1.165) is 22.6 Å². The number of benzene rings is 2. The van der Waals surface area contributed by atoms with E-state index < -0.39 is 0 Å². The van der Waals surface area contributed by atoms with Gasteiger partial charge < -0.3 is 4.90 Å². The second-order valence-corrected chi connectivity index (χ2v) is 5.45. The zero-order valence-corrected chi connectivity index (χ0v) is 12.8. The predicted molar refractivity (Wildman–Crippen MR) is 85.1 cm³/mol. The van der Waals surface area contributed by atoms with Gasteiger partial charge in [0.25, 0.3) is 0 Å². The lowest BCUT2D eigenvalue weighted by Gasteiger charge is -2.28. The molecule has 0 aromatic heterocycles. The summed E-state index contributed by atoms with van der Waals surface area (Å²) in [6, 6.07) is 13.3. The van der Waals surface area contributed by atoms with E-state index in [-0.39, 0.29) is 6.04 Å². The van der Waals surface area contributed by atoms with Crippen molar-refractivity contribution >= 4 is 35.2 Å². The lowest BCUT2D eigenvalue weighted by atomic mass is 10.1. The van der Waals surface area contributed by atoms with Crippen LogP contribution in [0.4, 0.5) is 5.69 Å². The number of aldehydes is 1. The highest BCUT2D eigenvalue weighted by molar-refractivity contribution is 6.33. The van der Waals surface area contributed by atoms with Crippen LogP contribution < -0.4 is 4.90 Å². The number of hydrogen-bond donors (Lipinski definition) is 0. The molecule has 0 spiro atoms. The van der Waals surface area contributed by atoms with Crippen LogP contribution in [-0.2, 0) is 0 Å². The summed E-state index contributed by atoms with van der Waals surface area (Å²) >= 11 is 12.3. The van der Waals surface area contributed by atoms with Gasteiger partial charge in [-0.15, -0.1) is 0 Å². The Morgan fingerprint density at radius 3 is 2.40 bits per heavy atom. The summed E-state index contributed by atoms with van der Waals surface area (Å²) in [7, 11) is 1.97. The Morgan fingerprint density at radius 1 is 1.10 bits per heavy atom. The molecule has 0 N–H and O–H groups in total. The number of nitrogens with zero attached hydrogens (tertiary/aromatic N) is 1. The van der Waals surface area contributed by atoms with Crippen LogP contribution in [0.1, 0.15) is 28.9 Å². The van der Waals surface area contributed by atoms with Crippen molar-refractivity contribution in [1.29, 1.82) is 0 Å². The molecule has 2 aromatic rings. The summed E-state index contributed by atoms with van der Waals surface area (Å²) in [5, 5.41) is 1.19. The minimum Gasteiger partial charge on any atom is -0.368 e. The lowest BCUT2D eigenvalue weighted by molar-refractivity contribution is 0.112. The molecule has 0 amide bonds. The molecule has 0 radical (unpaired) electrons. The van der Waals surface area contributed by atoms with E-state index in [0.29, 0.717) is 10.6 Å². The van der Waals surface area contributed by atoms with E-state index in [2.05, 4.69) is 11.8 Å². The second-order valence-electron chi connectivity index (χ2n) is 4.63. The molecule has 0 aliphatic carbocycles. The maximum absolute atomic E-state index is 10.8. The van der Waals surface area contributed by atoms with E-state index in [1.807, 2.05) is 37.4 Å². The second kappa shape index (κ2) is 6.29. The summed E-state index contributed by atoms with van der Waals surface area (Å²) in [5.41, 5.74) is 2.48. The summed E-state index contributed by atoms with van der Waals surface area (Å²) in [5.74, 6) is 0. The van der Waals surface area contributed by atoms with Crippen LogP contribution in [0.15, 0.2) is 42.5 Å². The van der Waals surface area contributed by atoms with Gasteiger partial charge in [0.2, 0.25) is 0 Å². The van der Waals surface area contributed by atoms with Gasteiger partial charge in [-0.05, 0) is 36.8 Å². The first-order valence-electron chi connectivity index (χ1n) is 6.26. The van der Waals surface area contributed by atoms with E-state index in [1.54, 1.807) is 12.1 Å². The van der Waals surface area contributed by atoms with Crippen molar-refractivity contribution in [3.05, 3.63) is 63.6 Å². The molecular formula is C16H15Cl2NO. The van der Waals surface area contributed by atoms with Crippen molar-refractivity contribution in [2.75, 3.05) is 11.9 Å². The fourth-order valence-corrected chi connectivity index (χ4v) is 2.59. The molecule has 2 rings (SSSR count). The normalized spacial score (nSPS) is 12.0. The smallest absolute Gasteiger partial charge is 0.151 e. The van der Waals surface area contributed by atoms with Crippen LogP contribution in [0.3, 0.4) is 0 Å². The predicted octanol–water partition coefficient (Wildman–Crippen LogP) is 5.00. The zero-order chi connectivity index (χ0) is 14.7. The standard InChI is InChI=1S/C16H15Cl2NO/c1-11(14-5-3-4-6-15(14)17)19(2)13-8-7-12(10-20)16(18)9-13/h3-11H,1-2H3. The molecule has 0 saturated heterocycles. The Balaban J connectivity index is 2.31. The summed E-state index contributed by atoms with van der Waals surface area (Å²) < 4.78 is 0. The molecule has 0 aliphatic heterocycles. The fraction of sp³-hybridized carbons (Fsp3) is 0.188. The third-order valence-electron chi connectivity index (χ3n) is 3.45. The van der Waals surface area contributed by atoms with Crippen LogP contribution in [0, 0.1) is 0 Å². The van der Waals surface area contributed by atoms with Crippen LogP contribution in [0.2, 0.25) is 10.0 Å².